The second-order valence-electron chi connectivity index (χ2n) is 4.09. The van der Waals surface area contributed by atoms with Gasteiger partial charge in [-0.05, 0) is 12.8 Å². The van der Waals surface area contributed by atoms with E-state index in [0.717, 1.165) is 30.1 Å². The topological polar surface area (TPSA) is 68.5 Å². The maximum atomic E-state index is 4.22. The second-order valence-corrected chi connectivity index (χ2v) is 4.09. The Morgan fingerprint density at radius 1 is 1.38 bits per heavy atom. The average molecular weight is 220 g/mol. The zero-order valence-electron chi connectivity index (χ0n) is 9.80. The van der Waals surface area contributed by atoms with Gasteiger partial charge in [0.2, 0.25) is 0 Å². The smallest absolute Gasteiger partial charge is 0.183 e. The SMILES string of the molecule is CCNc1ncnc2c1nnn2CC(C)C. The van der Waals surface area contributed by atoms with Crippen LogP contribution in [-0.4, -0.2) is 31.5 Å². The molecule has 0 spiro atoms. The molecule has 0 aliphatic rings. The molecule has 0 atom stereocenters. The maximum Gasteiger partial charge on any atom is 0.183 e. The first-order valence-electron chi connectivity index (χ1n) is 5.50. The van der Waals surface area contributed by atoms with Crippen molar-refractivity contribution in [1.29, 1.82) is 0 Å². The molecule has 16 heavy (non-hydrogen) atoms. The molecule has 0 aromatic carbocycles. The van der Waals surface area contributed by atoms with Gasteiger partial charge in [0, 0.05) is 13.1 Å². The van der Waals surface area contributed by atoms with Gasteiger partial charge in [0.15, 0.2) is 17.0 Å². The first-order chi connectivity index (χ1) is 7.72. The average Bonchev–Trinajstić information content (AvgIpc) is 2.63. The van der Waals surface area contributed by atoms with Gasteiger partial charge in [0.1, 0.15) is 6.33 Å². The molecule has 1 N–H and O–H groups in total. The summed E-state index contributed by atoms with van der Waals surface area (Å²) in [6, 6.07) is 0. The lowest BCUT2D eigenvalue weighted by atomic mass is 10.2. The number of fused-ring (bicyclic) bond motifs is 1. The first kappa shape index (κ1) is 10.8. The van der Waals surface area contributed by atoms with Crippen molar-refractivity contribution in [3.63, 3.8) is 0 Å². The number of hydrogen-bond donors (Lipinski definition) is 1. The highest BCUT2D eigenvalue weighted by molar-refractivity contribution is 5.81. The first-order valence-corrected chi connectivity index (χ1v) is 5.50. The van der Waals surface area contributed by atoms with Crippen molar-refractivity contribution in [3.05, 3.63) is 6.33 Å². The monoisotopic (exact) mass is 220 g/mol. The molecule has 6 heteroatoms. The van der Waals surface area contributed by atoms with Crippen LogP contribution in [0.3, 0.4) is 0 Å². The number of aromatic nitrogens is 5. The lowest BCUT2D eigenvalue weighted by Crippen LogP contribution is -2.07. The van der Waals surface area contributed by atoms with Crippen LogP contribution in [-0.2, 0) is 6.54 Å². The Balaban J connectivity index is 2.44. The summed E-state index contributed by atoms with van der Waals surface area (Å²) >= 11 is 0. The molecular formula is C10H16N6. The molecule has 0 fully saturated rings. The molecule has 2 heterocycles. The third kappa shape index (κ3) is 1.95. The number of hydrogen-bond acceptors (Lipinski definition) is 5. The number of rotatable bonds is 4. The predicted molar refractivity (Wildman–Crippen MR) is 62.1 cm³/mol. The van der Waals surface area contributed by atoms with Gasteiger partial charge in [0.25, 0.3) is 0 Å². The van der Waals surface area contributed by atoms with Gasteiger partial charge in [-0.3, -0.25) is 0 Å². The molecule has 2 aromatic rings. The van der Waals surface area contributed by atoms with Gasteiger partial charge in [-0.1, -0.05) is 19.1 Å². The second kappa shape index (κ2) is 4.42. The predicted octanol–water partition coefficient (Wildman–Crippen LogP) is 1.31. The van der Waals surface area contributed by atoms with Gasteiger partial charge >= 0.3 is 0 Å². The molecule has 0 saturated heterocycles. The number of nitrogens with one attached hydrogen (secondary N) is 1. The van der Waals surface area contributed by atoms with Crippen LogP contribution >= 0.6 is 0 Å². The van der Waals surface area contributed by atoms with Crippen molar-refractivity contribution in [2.45, 2.75) is 27.3 Å². The molecule has 0 aliphatic carbocycles. The molecule has 0 unspecified atom stereocenters. The Hall–Kier alpha value is -1.72. The molecular weight excluding hydrogens is 204 g/mol. The normalized spacial score (nSPS) is 11.2. The third-order valence-corrected chi connectivity index (χ3v) is 2.18. The van der Waals surface area contributed by atoms with Crippen molar-refractivity contribution in [2.75, 3.05) is 11.9 Å². The lowest BCUT2D eigenvalue weighted by molar-refractivity contribution is 0.480. The molecule has 0 amide bonds. The summed E-state index contributed by atoms with van der Waals surface area (Å²) in [7, 11) is 0. The van der Waals surface area contributed by atoms with E-state index in [1.54, 1.807) is 6.33 Å². The van der Waals surface area contributed by atoms with Crippen LogP contribution in [0.4, 0.5) is 5.82 Å². The summed E-state index contributed by atoms with van der Waals surface area (Å²) in [5.74, 6) is 1.27. The van der Waals surface area contributed by atoms with Crippen LogP contribution in [0.2, 0.25) is 0 Å². The molecule has 6 nitrogen and oxygen atoms in total. The molecule has 0 saturated carbocycles. The zero-order chi connectivity index (χ0) is 11.5. The minimum absolute atomic E-state index is 0.516. The van der Waals surface area contributed by atoms with Crippen molar-refractivity contribution in [1.82, 2.24) is 25.0 Å². The van der Waals surface area contributed by atoms with E-state index in [2.05, 4.69) is 39.4 Å². The summed E-state index contributed by atoms with van der Waals surface area (Å²) in [5, 5.41) is 11.4. The third-order valence-electron chi connectivity index (χ3n) is 2.18. The summed E-state index contributed by atoms with van der Waals surface area (Å²) in [5.41, 5.74) is 1.53. The van der Waals surface area contributed by atoms with Gasteiger partial charge in [-0.25, -0.2) is 14.6 Å². The van der Waals surface area contributed by atoms with Gasteiger partial charge in [0.05, 0.1) is 0 Å². The van der Waals surface area contributed by atoms with Crippen LogP contribution in [0.15, 0.2) is 6.33 Å². The van der Waals surface area contributed by atoms with Crippen LogP contribution in [0.5, 0.6) is 0 Å². The van der Waals surface area contributed by atoms with Crippen molar-refractivity contribution in [2.24, 2.45) is 5.92 Å². The minimum Gasteiger partial charge on any atom is -0.368 e. The number of nitrogens with zero attached hydrogens (tertiary/aromatic N) is 5. The van der Waals surface area contributed by atoms with Crippen molar-refractivity contribution < 1.29 is 0 Å². The fraction of sp³-hybridized carbons (Fsp3) is 0.600. The van der Waals surface area contributed by atoms with Crippen LogP contribution in [0.25, 0.3) is 11.2 Å². The molecule has 2 aromatic heterocycles. The van der Waals surface area contributed by atoms with E-state index in [1.165, 1.54) is 0 Å². The Labute approximate surface area is 94.1 Å². The van der Waals surface area contributed by atoms with E-state index < -0.39 is 0 Å². The van der Waals surface area contributed by atoms with Crippen molar-refractivity contribution >= 4 is 17.0 Å². The number of anilines is 1. The largest absolute Gasteiger partial charge is 0.368 e. The lowest BCUT2D eigenvalue weighted by Gasteiger charge is -2.05. The van der Waals surface area contributed by atoms with Crippen LogP contribution in [0, 0.1) is 5.92 Å². The Morgan fingerprint density at radius 3 is 2.88 bits per heavy atom. The van der Waals surface area contributed by atoms with E-state index in [-0.39, 0.29) is 0 Å². The highest BCUT2D eigenvalue weighted by Gasteiger charge is 2.11. The fourth-order valence-corrected chi connectivity index (χ4v) is 1.56. The van der Waals surface area contributed by atoms with E-state index in [4.69, 9.17) is 0 Å². The highest BCUT2D eigenvalue weighted by Crippen LogP contribution is 2.16. The quantitative estimate of drug-likeness (QED) is 0.841. The maximum absolute atomic E-state index is 4.22. The Kier molecular flexibility index (Phi) is 2.98. The molecule has 0 aliphatic heterocycles. The minimum atomic E-state index is 0.516. The molecule has 2 rings (SSSR count). The fourth-order valence-electron chi connectivity index (χ4n) is 1.56. The van der Waals surface area contributed by atoms with Crippen molar-refractivity contribution in [3.8, 4) is 0 Å². The van der Waals surface area contributed by atoms with Gasteiger partial charge in [-0.15, -0.1) is 5.10 Å². The summed E-state index contributed by atoms with van der Waals surface area (Å²) < 4.78 is 1.82. The Morgan fingerprint density at radius 2 is 2.19 bits per heavy atom. The molecule has 0 radical (unpaired) electrons. The van der Waals surface area contributed by atoms with Crippen LogP contribution in [0.1, 0.15) is 20.8 Å². The highest BCUT2D eigenvalue weighted by atomic mass is 15.4. The van der Waals surface area contributed by atoms with E-state index in [9.17, 15) is 0 Å². The standard InChI is InChI=1S/C10H16N6/c1-4-11-9-8-10(13-6-12-9)16(15-14-8)5-7(2)3/h6-7H,4-5H2,1-3H3,(H,11,12,13). The van der Waals surface area contributed by atoms with Gasteiger partial charge in [-0.2, -0.15) is 0 Å². The van der Waals surface area contributed by atoms with Gasteiger partial charge < -0.3 is 5.32 Å². The molecule has 0 bridgehead atoms. The van der Waals surface area contributed by atoms with E-state index in [1.807, 2.05) is 11.6 Å². The van der Waals surface area contributed by atoms with E-state index >= 15 is 0 Å². The Bertz CT molecular complexity index is 475. The summed E-state index contributed by atoms with van der Waals surface area (Å²) in [6.07, 6.45) is 1.54. The van der Waals surface area contributed by atoms with E-state index in [0.29, 0.717) is 5.92 Å². The summed E-state index contributed by atoms with van der Waals surface area (Å²) in [6.45, 7) is 7.93. The zero-order valence-corrected chi connectivity index (χ0v) is 9.80. The van der Waals surface area contributed by atoms with Crippen LogP contribution < -0.4 is 5.32 Å². The summed E-state index contributed by atoms with van der Waals surface area (Å²) in [4.78, 5) is 8.38. The molecule has 86 valence electrons.